The van der Waals surface area contributed by atoms with Crippen molar-refractivity contribution in [2.45, 2.75) is 51.2 Å². The Kier molecular flexibility index (Phi) is 15.0. The maximum absolute atomic E-state index is 11.7. The third-order valence-electron chi connectivity index (χ3n) is 3.95. The van der Waals surface area contributed by atoms with Crippen LogP contribution in [-0.4, -0.2) is 56.2 Å². The molecule has 0 radical (unpaired) electrons. The lowest BCUT2D eigenvalue weighted by molar-refractivity contribution is -0.123. The Labute approximate surface area is 141 Å². The molecule has 0 aromatic heterocycles. The van der Waals surface area contributed by atoms with E-state index in [9.17, 15) is 4.79 Å². The number of nitrogens with zero attached hydrogens (tertiary/aromatic N) is 1. The molecule has 128 valence electrons. The summed E-state index contributed by atoms with van der Waals surface area (Å²) in [5.41, 5.74) is 5.50. The van der Waals surface area contributed by atoms with Crippen LogP contribution in [0.1, 0.15) is 39.0 Å². The van der Waals surface area contributed by atoms with Gasteiger partial charge in [-0.15, -0.1) is 24.8 Å². The molecule has 5 nitrogen and oxygen atoms in total. The number of nitrogens with two attached hydrogens (primary N) is 1. The van der Waals surface area contributed by atoms with Gasteiger partial charge in [0.2, 0.25) is 5.91 Å². The normalized spacial score (nSPS) is 20.0. The summed E-state index contributed by atoms with van der Waals surface area (Å²) in [7, 11) is 1.59. The van der Waals surface area contributed by atoms with Gasteiger partial charge in [-0.2, -0.15) is 0 Å². The fraction of sp³-hybridized carbons (Fsp3) is 0.929. The smallest absolute Gasteiger partial charge is 0.222 e. The average molecular weight is 344 g/mol. The number of piperidine rings is 1. The minimum atomic E-state index is -0.168. The van der Waals surface area contributed by atoms with Crippen LogP contribution >= 0.6 is 24.8 Å². The van der Waals surface area contributed by atoms with Gasteiger partial charge in [0, 0.05) is 32.8 Å². The molecule has 0 aliphatic carbocycles. The van der Waals surface area contributed by atoms with E-state index in [-0.39, 0.29) is 36.8 Å². The Morgan fingerprint density at radius 3 is 2.71 bits per heavy atom. The standard InChI is InChI=1S/C14H29N3O2.2ClH/c1-3-12-6-4-5-8-17(12)9-7-16-14(18)10-13(11-15)19-2;;/h12-13H,3-11,15H2,1-2H3,(H,16,18);2*1H. The Morgan fingerprint density at radius 1 is 1.43 bits per heavy atom. The molecule has 1 aliphatic rings. The largest absolute Gasteiger partial charge is 0.380 e. The zero-order chi connectivity index (χ0) is 14.1. The molecule has 0 saturated carbocycles. The van der Waals surface area contributed by atoms with Gasteiger partial charge < -0.3 is 15.8 Å². The summed E-state index contributed by atoms with van der Waals surface area (Å²) in [6, 6.07) is 0.696. The van der Waals surface area contributed by atoms with Crippen molar-refractivity contribution in [2.75, 3.05) is 33.3 Å². The van der Waals surface area contributed by atoms with Crippen molar-refractivity contribution in [3.8, 4) is 0 Å². The van der Waals surface area contributed by atoms with E-state index in [1.807, 2.05) is 0 Å². The molecule has 1 rings (SSSR count). The minimum absolute atomic E-state index is 0. The molecular weight excluding hydrogens is 313 g/mol. The average Bonchev–Trinajstić information content (AvgIpc) is 2.45. The van der Waals surface area contributed by atoms with Crippen LogP contribution in [0.4, 0.5) is 0 Å². The van der Waals surface area contributed by atoms with Crippen molar-refractivity contribution in [1.29, 1.82) is 0 Å². The number of carbonyl (C=O) groups excluding carboxylic acids is 1. The second-order valence-electron chi connectivity index (χ2n) is 5.24. The van der Waals surface area contributed by atoms with Crippen LogP contribution in [0.3, 0.4) is 0 Å². The number of hydrogen-bond donors (Lipinski definition) is 2. The lowest BCUT2D eigenvalue weighted by Crippen LogP contribution is -2.44. The molecule has 0 aromatic rings. The number of carbonyl (C=O) groups is 1. The fourth-order valence-corrected chi connectivity index (χ4v) is 2.70. The first-order valence-corrected chi connectivity index (χ1v) is 7.44. The molecule has 7 heteroatoms. The van der Waals surface area contributed by atoms with Crippen molar-refractivity contribution in [2.24, 2.45) is 5.73 Å². The highest BCUT2D eigenvalue weighted by molar-refractivity contribution is 5.85. The van der Waals surface area contributed by atoms with Crippen LogP contribution in [-0.2, 0) is 9.53 Å². The summed E-state index contributed by atoms with van der Waals surface area (Å²) in [5, 5.41) is 2.96. The second-order valence-corrected chi connectivity index (χ2v) is 5.24. The number of amides is 1. The third kappa shape index (κ3) is 8.83. The van der Waals surface area contributed by atoms with Gasteiger partial charge in [-0.3, -0.25) is 9.69 Å². The number of nitrogens with one attached hydrogen (secondary N) is 1. The van der Waals surface area contributed by atoms with Crippen molar-refractivity contribution in [3.63, 3.8) is 0 Å². The molecule has 2 unspecified atom stereocenters. The SMILES string of the molecule is CCC1CCCCN1CCNC(=O)CC(CN)OC.Cl.Cl. The summed E-state index contributed by atoms with van der Waals surface area (Å²) in [6.07, 6.45) is 5.30. The van der Waals surface area contributed by atoms with Crippen molar-refractivity contribution in [1.82, 2.24) is 10.2 Å². The molecule has 1 fully saturated rings. The van der Waals surface area contributed by atoms with E-state index in [1.54, 1.807) is 7.11 Å². The number of ether oxygens (including phenoxy) is 1. The highest BCUT2D eigenvalue weighted by Crippen LogP contribution is 2.18. The molecule has 21 heavy (non-hydrogen) atoms. The van der Waals surface area contributed by atoms with Crippen molar-refractivity contribution >= 4 is 30.7 Å². The van der Waals surface area contributed by atoms with Gasteiger partial charge in [-0.25, -0.2) is 0 Å². The lowest BCUT2D eigenvalue weighted by Gasteiger charge is -2.35. The molecule has 1 heterocycles. The third-order valence-corrected chi connectivity index (χ3v) is 3.95. The Balaban J connectivity index is 0. The Bertz CT molecular complexity index is 267. The first-order chi connectivity index (χ1) is 9.21. The molecule has 3 N–H and O–H groups in total. The van der Waals surface area contributed by atoms with E-state index < -0.39 is 0 Å². The number of hydrogen-bond acceptors (Lipinski definition) is 4. The van der Waals surface area contributed by atoms with E-state index in [1.165, 1.54) is 25.7 Å². The van der Waals surface area contributed by atoms with Crippen LogP contribution in [0.15, 0.2) is 0 Å². The molecule has 0 aromatic carbocycles. The monoisotopic (exact) mass is 343 g/mol. The number of rotatable bonds is 8. The van der Waals surface area contributed by atoms with Crippen molar-refractivity contribution < 1.29 is 9.53 Å². The molecule has 2 atom stereocenters. The lowest BCUT2D eigenvalue weighted by atomic mass is 10.0. The quantitative estimate of drug-likeness (QED) is 0.702. The molecule has 0 spiro atoms. The summed E-state index contributed by atoms with van der Waals surface area (Å²) in [6.45, 7) is 5.46. The number of likely N-dealkylation sites (tertiary alicyclic amines) is 1. The second kappa shape index (κ2) is 13.6. The van der Waals surface area contributed by atoms with Gasteiger partial charge >= 0.3 is 0 Å². The molecule has 1 aliphatic heterocycles. The number of halogens is 2. The van der Waals surface area contributed by atoms with Gasteiger partial charge in [-0.1, -0.05) is 13.3 Å². The zero-order valence-electron chi connectivity index (χ0n) is 13.2. The van der Waals surface area contributed by atoms with Gasteiger partial charge in [0.15, 0.2) is 0 Å². The maximum atomic E-state index is 11.7. The first kappa shape index (κ1) is 23.2. The topological polar surface area (TPSA) is 67.6 Å². The summed E-state index contributed by atoms with van der Waals surface area (Å²) in [4.78, 5) is 14.2. The predicted molar refractivity (Wildman–Crippen MR) is 91.5 cm³/mol. The van der Waals surface area contributed by atoms with Gasteiger partial charge in [-0.05, 0) is 25.8 Å². The van der Waals surface area contributed by atoms with Crippen LogP contribution in [0, 0.1) is 0 Å². The Hall–Kier alpha value is -0.0700. The van der Waals surface area contributed by atoms with E-state index in [0.29, 0.717) is 19.0 Å². The van der Waals surface area contributed by atoms with Crippen molar-refractivity contribution in [3.05, 3.63) is 0 Å². The molecular formula is C14H31Cl2N3O2. The summed E-state index contributed by atoms with van der Waals surface area (Å²) in [5.74, 6) is 0.0300. The maximum Gasteiger partial charge on any atom is 0.222 e. The van der Waals surface area contributed by atoms with E-state index in [2.05, 4.69) is 17.1 Å². The van der Waals surface area contributed by atoms with Gasteiger partial charge in [0.25, 0.3) is 0 Å². The van der Waals surface area contributed by atoms with Crippen LogP contribution in [0.25, 0.3) is 0 Å². The summed E-state index contributed by atoms with van der Waals surface area (Å²) >= 11 is 0. The highest BCUT2D eigenvalue weighted by atomic mass is 35.5. The van der Waals surface area contributed by atoms with E-state index >= 15 is 0 Å². The van der Waals surface area contributed by atoms with Crippen LogP contribution in [0.2, 0.25) is 0 Å². The number of methoxy groups -OCH3 is 1. The van der Waals surface area contributed by atoms with Crippen LogP contribution in [0.5, 0.6) is 0 Å². The fourth-order valence-electron chi connectivity index (χ4n) is 2.70. The summed E-state index contributed by atoms with van der Waals surface area (Å²) < 4.78 is 5.10. The van der Waals surface area contributed by atoms with Gasteiger partial charge in [0.05, 0.1) is 12.5 Å². The van der Waals surface area contributed by atoms with E-state index in [4.69, 9.17) is 10.5 Å². The molecule has 1 amide bonds. The minimum Gasteiger partial charge on any atom is -0.380 e. The zero-order valence-corrected chi connectivity index (χ0v) is 14.8. The first-order valence-electron chi connectivity index (χ1n) is 7.44. The van der Waals surface area contributed by atoms with E-state index in [0.717, 1.165) is 19.6 Å². The van der Waals surface area contributed by atoms with Gasteiger partial charge in [0.1, 0.15) is 0 Å². The van der Waals surface area contributed by atoms with Crippen LogP contribution < -0.4 is 11.1 Å². The Morgan fingerprint density at radius 2 is 2.14 bits per heavy atom. The predicted octanol–water partition coefficient (Wildman–Crippen LogP) is 1.57. The highest BCUT2D eigenvalue weighted by Gasteiger charge is 2.20. The molecule has 1 saturated heterocycles. The molecule has 0 bridgehead atoms.